The Balaban J connectivity index is 2.75. The Morgan fingerprint density at radius 2 is 2.07 bits per heavy atom. The minimum Gasteiger partial charge on any atom is -0.241 e. The molecular weight excluding hydrogens is 194 g/mol. The normalized spacial score (nSPS) is 10.8. The van der Waals surface area contributed by atoms with Gasteiger partial charge in [-0.25, -0.2) is 4.98 Å². The molecule has 0 saturated heterocycles. The maximum atomic E-state index is 6.08. The average Bonchev–Trinajstić information content (AvgIpc) is 2.17. The molecule has 14 heavy (non-hydrogen) atoms. The Morgan fingerprint density at radius 1 is 1.29 bits per heavy atom. The van der Waals surface area contributed by atoms with Gasteiger partial charge in [-0.15, -0.1) is 0 Å². The summed E-state index contributed by atoms with van der Waals surface area (Å²) < 4.78 is 0. The summed E-state index contributed by atoms with van der Waals surface area (Å²) in [7, 11) is 0. The summed E-state index contributed by atoms with van der Waals surface area (Å²) in [6, 6.07) is 8.41. The number of fused-ring (bicyclic) bond motifs is 1. The van der Waals surface area contributed by atoms with Crippen molar-refractivity contribution in [1.29, 1.82) is 0 Å². The van der Waals surface area contributed by atoms with Crippen molar-refractivity contribution in [3.63, 3.8) is 0 Å². The van der Waals surface area contributed by atoms with Crippen molar-refractivity contribution in [3.05, 3.63) is 40.7 Å². The second-order valence-corrected chi connectivity index (χ2v) is 3.82. The molecule has 0 bridgehead atoms. The number of hydrogen-bond donors (Lipinski definition) is 0. The summed E-state index contributed by atoms with van der Waals surface area (Å²) in [6.07, 6.45) is 1.03. The number of rotatable bonds is 1. The van der Waals surface area contributed by atoms with Gasteiger partial charge in [-0.05, 0) is 36.4 Å². The number of aromatic nitrogens is 1. The van der Waals surface area contributed by atoms with Gasteiger partial charge >= 0.3 is 0 Å². The maximum absolute atomic E-state index is 6.08. The van der Waals surface area contributed by atoms with E-state index in [4.69, 9.17) is 11.6 Å². The standard InChI is InChI=1S/C12H12ClN/c1-3-9-4-5-10-6-8(2)14-12(13)11(10)7-9/h4-7H,3H2,1-2H3. The van der Waals surface area contributed by atoms with Crippen LogP contribution in [-0.2, 0) is 6.42 Å². The van der Waals surface area contributed by atoms with Crippen LogP contribution in [0.3, 0.4) is 0 Å². The van der Waals surface area contributed by atoms with E-state index in [1.54, 1.807) is 0 Å². The summed E-state index contributed by atoms with van der Waals surface area (Å²) in [6.45, 7) is 4.09. The number of nitrogens with zero attached hydrogens (tertiary/aromatic N) is 1. The van der Waals surface area contributed by atoms with Crippen LogP contribution in [-0.4, -0.2) is 4.98 Å². The van der Waals surface area contributed by atoms with Crippen molar-refractivity contribution < 1.29 is 0 Å². The van der Waals surface area contributed by atoms with Crippen molar-refractivity contribution in [3.8, 4) is 0 Å². The lowest BCUT2D eigenvalue weighted by Crippen LogP contribution is -1.86. The molecule has 0 atom stereocenters. The fraction of sp³-hybridized carbons (Fsp3) is 0.250. The van der Waals surface area contributed by atoms with Crippen LogP contribution in [0.5, 0.6) is 0 Å². The number of aryl methyl sites for hydroxylation is 2. The first kappa shape index (κ1) is 9.47. The van der Waals surface area contributed by atoms with E-state index in [2.05, 4.69) is 36.2 Å². The smallest absolute Gasteiger partial charge is 0.137 e. The fourth-order valence-corrected chi connectivity index (χ4v) is 1.90. The number of hydrogen-bond acceptors (Lipinski definition) is 1. The molecule has 0 fully saturated rings. The second-order valence-electron chi connectivity index (χ2n) is 3.46. The summed E-state index contributed by atoms with van der Waals surface area (Å²) in [5.74, 6) is 0. The van der Waals surface area contributed by atoms with Crippen molar-refractivity contribution in [2.45, 2.75) is 20.3 Å². The third-order valence-electron chi connectivity index (χ3n) is 2.39. The second kappa shape index (κ2) is 3.58. The average molecular weight is 206 g/mol. The molecular formula is C12H12ClN. The topological polar surface area (TPSA) is 12.9 Å². The predicted molar refractivity (Wildman–Crippen MR) is 60.9 cm³/mol. The quantitative estimate of drug-likeness (QED) is 0.646. The van der Waals surface area contributed by atoms with Gasteiger partial charge in [0, 0.05) is 11.1 Å². The summed E-state index contributed by atoms with van der Waals surface area (Å²) in [5.41, 5.74) is 2.26. The van der Waals surface area contributed by atoms with E-state index in [9.17, 15) is 0 Å². The maximum Gasteiger partial charge on any atom is 0.137 e. The highest BCUT2D eigenvalue weighted by Gasteiger charge is 2.02. The molecule has 0 N–H and O–H groups in total. The van der Waals surface area contributed by atoms with Crippen LogP contribution in [0.25, 0.3) is 10.8 Å². The lowest BCUT2D eigenvalue weighted by molar-refractivity contribution is 1.14. The van der Waals surface area contributed by atoms with Gasteiger partial charge in [0.25, 0.3) is 0 Å². The van der Waals surface area contributed by atoms with Crippen molar-refractivity contribution >= 4 is 22.4 Å². The van der Waals surface area contributed by atoms with Crippen molar-refractivity contribution in [2.75, 3.05) is 0 Å². The molecule has 0 unspecified atom stereocenters. The first-order chi connectivity index (χ1) is 6.70. The van der Waals surface area contributed by atoms with Gasteiger partial charge in [0.05, 0.1) is 0 Å². The highest BCUT2D eigenvalue weighted by Crippen LogP contribution is 2.23. The Kier molecular flexibility index (Phi) is 2.42. The van der Waals surface area contributed by atoms with E-state index in [-0.39, 0.29) is 0 Å². The molecule has 1 nitrogen and oxygen atoms in total. The third-order valence-corrected chi connectivity index (χ3v) is 2.68. The van der Waals surface area contributed by atoms with E-state index < -0.39 is 0 Å². The van der Waals surface area contributed by atoms with Crippen LogP contribution < -0.4 is 0 Å². The van der Waals surface area contributed by atoms with E-state index in [0.717, 1.165) is 17.5 Å². The highest BCUT2D eigenvalue weighted by atomic mass is 35.5. The van der Waals surface area contributed by atoms with Crippen molar-refractivity contribution in [2.24, 2.45) is 0 Å². The minimum absolute atomic E-state index is 0.607. The van der Waals surface area contributed by atoms with E-state index in [0.29, 0.717) is 5.15 Å². The summed E-state index contributed by atoms with van der Waals surface area (Å²) in [4.78, 5) is 4.24. The monoisotopic (exact) mass is 205 g/mol. The molecule has 72 valence electrons. The first-order valence-corrected chi connectivity index (χ1v) is 5.14. The summed E-state index contributed by atoms with van der Waals surface area (Å²) in [5, 5.41) is 2.83. The van der Waals surface area contributed by atoms with E-state index in [1.807, 2.05) is 6.92 Å². The molecule has 1 aromatic heterocycles. The van der Waals surface area contributed by atoms with Gasteiger partial charge in [-0.1, -0.05) is 30.7 Å². The van der Waals surface area contributed by atoms with Gasteiger partial charge in [-0.3, -0.25) is 0 Å². The zero-order valence-electron chi connectivity index (χ0n) is 8.34. The number of halogens is 1. The third kappa shape index (κ3) is 1.60. The zero-order valence-corrected chi connectivity index (χ0v) is 9.10. The van der Waals surface area contributed by atoms with Gasteiger partial charge in [0.2, 0.25) is 0 Å². The SMILES string of the molecule is CCc1ccc2cc(C)nc(Cl)c2c1. The van der Waals surface area contributed by atoms with Crippen molar-refractivity contribution in [1.82, 2.24) is 4.98 Å². The molecule has 0 amide bonds. The Morgan fingerprint density at radius 3 is 2.79 bits per heavy atom. The van der Waals surface area contributed by atoms with Crippen LogP contribution in [0, 0.1) is 6.92 Å². The Labute approximate surface area is 88.7 Å². The molecule has 0 aliphatic rings. The molecule has 1 aromatic carbocycles. The van der Waals surface area contributed by atoms with Gasteiger partial charge in [0.1, 0.15) is 5.15 Å². The lowest BCUT2D eigenvalue weighted by atomic mass is 10.1. The van der Waals surface area contributed by atoms with Crippen LogP contribution in [0.15, 0.2) is 24.3 Å². The van der Waals surface area contributed by atoms with E-state index >= 15 is 0 Å². The molecule has 1 heterocycles. The number of pyridine rings is 1. The first-order valence-electron chi connectivity index (χ1n) is 4.76. The Bertz CT molecular complexity index is 477. The number of benzene rings is 1. The van der Waals surface area contributed by atoms with E-state index in [1.165, 1.54) is 10.9 Å². The highest BCUT2D eigenvalue weighted by molar-refractivity contribution is 6.34. The molecule has 0 radical (unpaired) electrons. The van der Waals surface area contributed by atoms with Crippen LogP contribution in [0.2, 0.25) is 5.15 Å². The lowest BCUT2D eigenvalue weighted by Gasteiger charge is -2.04. The van der Waals surface area contributed by atoms with Crippen LogP contribution in [0.4, 0.5) is 0 Å². The minimum atomic E-state index is 0.607. The largest absolute Gasteiger partial charge is 0.241 e. The van der Waals surface area contributed by atoms with Crippen LogP contribution >= 0.6 is 11.6 Å². The molecule has 2 aromatic rings. The molecule has 2 heteroatoms. The van der Waals surface area contributed by atoms with Gasteiger partial charge < -0.3 is 0 Å². The van der Waals surface area contributed by atoms with Crippen LogP contribution in [0.1, 0.15) is 18.2 Å². The molecule has 0 saturated carbocycles. The van der Waals surface area contributed by atoms with Gasteiger partial charge in [-0.2, -0.15) is 0 Å². The fourth-order valence-electron chi connectivity index (χ4n) is 1.60. The summed E-state index contributed by atoms with van der Waals surface area (Å²) >= 11 is 6.08. The molecule has 0 aliphatic carbocycles. The molecule has 0 aliphatic heterocycles. The molecule has 2 rings (SSSR count). The van der Waals surface area contributed by atoms with Gasteiger partial charge in [0.15, 0.2) is 0 Å². The molecule has 0 spiro atoms. The predicted octanol–water partition coefficient (Wildman–Crippen LogP) is 3.76. The zero-order chi connectivity index (χ0) is 10.1. The Hall–Kier alpha value is -1.08.